The molecule has 1 aliphatic carbocycles. The summed E-state index contributed by atoms with van der Waals surface area (Å²) in [6.07, 6.45) is 3.17. The van der Waals surface area contributed by atoms with Crippen molar-refractivity contribution < 1.29 is 0 Å². The predicted octanol–water partition coefficient (Wildman–Crippen LogP) is 7.72. The fraction of sp³-hybridized carbons (Fsp3) is 0.172. The number of fused-ring (bicyclic) bond motifs is 3. The minimum absolute atomic E-state index is 1.01. The molecule has 0 spiro atoms. The van der Waals surface area contributed by atoms with E-state index in [-0.39, 0.29) is 0 Å². The minimum atomic E-state index is 1.01. The van der Waals surface area contributed by atoms with E-state index in [4.69, 9.17) is 0 Å². The first-order valence-corrected chi connectivity index (χ1v) is 10.7. The van der Waals surface area contributed by atoms with E-state index in [2.05, 4.69) is 98.8 Å². The standard InChI is InChI=1S/C29H26/c1-3-20-9-13-22(14-10-20)25-17-18-27(23-15-11-21(4-2)12-16-23)29-26-8-6-5-7-24(26)19-28(25)29/h5-18H,3-4,19H2,1-2H3. The van der Waals surface area contributed by atoms with Crippen LogP contribution in [0.3, 0.4) is 0 Å². The smallest absolute Gasteiger partial charge is 0.000706 e. The van der Waals surface area contributed by atoms with Gasteiger partial charge in [0.2, 0.25) is 0 Å². The van der Waals surface area contributed by atoms with Crippen LogP contribution in [0, 0.1) is 0 Å². The highest BCUT2D eigenvalue weighted by atomic mass is 14.3. The van der Waals surface area contributed by atoms with Crippen molar-refractivity contribution in [3.63, 3.8) is 0 Å². The van der Waals surface area contributed by atoms with Crippen molar-refractivity contribution >= 4 is 0 Å². The maximum absolute atomic E-state index is 2.33. The Kier molecular flexibility index (Phi) is 4.56. The molecular weight excluding hydrogens is 348 g/mol. The second kappa shape index (κ2) is 7.37. The van der Waals surface area contributed by atoms with Crippen molar-refractivity contribution in [2.24, 2.45) is 0 Å². The third-order valence-electron chi connectivity index (χ3n) is 6.31. The molecule has 0 nitrogen and oxygen atoms in total. The summed E-state index contributed by atoms with van der Waals surface area (Å²) in [6, 6.07) is 31.7. The van der Waals surface area contributed by atoms with Gasteiger partial charge in [0.15, 0.2) is 0 Å². The number of hydrogen-bond acceptors (Lipinski definition) is 0. The summed E-state index contributed by atoms with van der Waals surface area (Å²) < 4.78 is 0. The number of rotatable bonds is 4. The minimum Gasteiger partial charge on any atom is -0.0619 e. The molecule has 0 atom stereocenters. The van der Waals surface area contributed by atoms with Gasteiger partial charge in [0.05, 0.1) is 0 Å². The average Bonchev–Trinajstić information content (AvgIpc) is 3.18. The van der Waals surface area contributed by atoms with Crippen LogP contribution < -0.4 is 0 Å². The van der Waals surface area contributed by atoms with Crippen LogP contribution in [0.1, 0.15) is 36.1 Å². The molecule has 0 aromatic heterocycles. The summed E-state index contributed by atoms with van der Waals surface area (Å²) in [5, 5.41) is 0. The Labute approximate surface area is 173 Å². The maximum Gasteiger partial charge on any atom is -0.000706 e. The van der Waals surface area contributed by atoms with Crippen LogP contribution in [-0.4, -0.2) is 0 Å². The van der Waals surface area contributed by atoms with Crippen molar-refractivity contribution in [3.05, 3.63) is 107 Å². The summed E-state index contributed by atoms with van der Waals surface area (Å²) in [5.74, 6) is 0. The molecule has 0 amide bonds. The average molecular weight is 375 g/mol. The predicted molar refractivity (Wildman–Crippen MR) is 124 cm³/mol. The Morgan fingerprint density at radius 3 is 1.72 bits per heavy atom. The quantitative estimate of drug-likeness (QED) is 0.302. The summed E-state index contributed by atoms with van der Waals surface area (Å²) in [7, 11) is 0. The molecule has 142 valence electrons. The van der Waals surface area contributed by atoms with Crippen molar-refractivity contribution in [1.82, 2.24) is 0 Å². The summed E-state index contributed by atoms with van der Waals surface area (Å²) >= 11 is 0. The zero-order valence-corrected chi connectivity index (χ0v) is 17.2. The molecule has 0 N–H and O–H groups in total. The second-order valence-electron chi connectivity index (χ2n) is 7.95. The van der Waals surface area contributed by atoms with Crippen molar-refractivity contribution in [3.8, 4) is 33.4 Å². The van der Waals surface area contributed by atoms with E-state index in [0.717, 1.165) is 19.3 Å². The third-order valence-corrected chi connectivity index (χ3v) is 6.31. The van der Waals surface area contributed by atoms with Gasteiger partial charge >= 0.3 is 0 Å². The van der Waals surface area contributed by atoms with Crippen LogP contribution in [0.2, 0.25) is 0 Å². The van der Waals surface area contributed by atoms with Gasteiger partial charge < -0.3 is 0 Å². The van der Waals surface area contributed by atoms with Crippen LogP contribution in [-0.2, 0) is 19.3 Å². The van der Waals surface area contributed by atoms with Crippen LogP contribution in [0.5, 0.6) is 0 Å². The van der Waals surface area contributed by atoms with E-state index in [1.807, 2.05) is 0 Å². The first-order valence-electron chi connectivity index (χ1n) is 10.7. The molecule has 0 saturated heterocycles. The SMILES string of the molecule is CCc1ccc(-c2ccc(-c3ccc(CC)cc3)c3c2Cc2ccccc2-3)cc1. The van der Waals surface area contributed by atoms with E-state index in [9.17, 15) is 0 Å². The Hall–Kier alpha value is -3.12. The fourth-order valence-electron chi connectivity index (χ4n) is 4.60. The monoisotopic (exact) mass is 374 g/mol. The van der Waals surface area contributed by atoms with Crippen LogP contribution in [0.4, 0.5) is 0 Å². The van der Waals surface area contributed by atoms with Gasteiger partial charge in [-0.25, -0.2) is 0 Å². The second-order valence-corrected chi connectivity index (χ2v) is 7.95. The van der Waals surface area contributed by atoms with E-state index >= 15 is 0 Å². The normalized spacial score (nSPS) is 11.9. The number of benzene rings is 4. The van der Waals surface area contributed by atoms with Gasteiger partial charge in [-0.3, -0.25) is 0 Å². The summed E-state index contributed by atoms with van der Waals surface area (Å²) in [6.45, 7) is 4.42. The van der Waals surface area contributed by atoms with Gasteiger partial charge in [-0.15, -0.1) is 0 Å². The number of aryl methyl sites for hydroxylation is 2. The topological polar surface area (TPSA) is 0 Å². The van der Waals surface area contributed by atoms with Crippen molar-refractivity contribution in [1.29, 1.82) is 0 Å². The van der Waals surface area contributed by atoms with E-state index < -0.39 is 0 Å². The molecule has 0 unspecified atom stereocenters. The third kappa shape index (κ3) is 3.09. The highest BCUT2D eigenvalue weighted by molar-refractivity contribution is 5.94. The summed E-state index contributed by atoms with van der Waals surface area (Å²) in [4.78, 5) is 0. The first kappa shape index (κ1) is 17.9. The van der Waals surface area contributed by atoms with Gasteiger partial charge in [-0.2, -0.15) is 0 Å². The van der Waals surface area contributed by atoms with Crippen LogP contribution in [0.15, 0.2) is 84.9 Å². The molecule has 0 saturated carbocycles. The zero-order chi connectivity index (χ0) is 19.8. The van der Waals surface area contributed by atoms with Gasteiger partial charge in [0, 0.05) is 0 Å². The molecular formula is C29H26. The molecule has 0 heterocycles. The lowest BCUT2D eigenvalue weighted by Gasteiger charge is -2.15. The Morgan fingerprint density at radius 1 is 0.552 bits per heavy atom. The van der Waals surface area contributed by atoms with E-state index in [1.165, 1.54) is 55.6 Å². The molecule has 0 aliphatic heterocycles. The first-order chi connectivity index (χ1) is 14.3. The number of hydrogen-bond donors (Lipinski definition) is 0. The van der Waals surface area contributed by atoms with Crippen molar-refractivity contribution in [2.75, 3.05) is 0 Å². The molecule has 1 aliphatic rings. The molecule has 0 fully saturated rings. The molecule has 4 aromatic rings. The molecule has 0 bridgehead atoms. The summed E-state index contributed by atoms with van der Waals surface area (Å²) in [5.41, 5.74) is 13.8. The van der Waals surface area contributed by atoms with Gasteiger partial charge in [-0.1, -0.05) is 98.8 Å². The highest BCUT2D eigenvalue weighted by Crippen LogP contribution is 2.46. The van der Waals surface area contributed by atoms with Gasteiger partial charge in [0.25, 0.3) is 0 Å². The maximum atomic E-state index is 2.33. The van der Waals surface area contributed by atoms with E-state index in [1.54, 1.807) is 0 Å². The van der Waals surface area contributed by atoms with Crippen LogP contribution >= 0.6 is 0 Å². The molecule has 5 rings (SSSR count). The lowest BCUT2D eigenvalue weighted by atomic mass is 9.88. The zero-order valence-electron chi connectivity index (χ0n) is 17.2. The van der Waals surface area contributed by atoms with E-state index in [0.29, 0.717) is 0 Å². The Balaban J connectivity index is 1.71. The fourth-order valence-corrected chi connectivity index (χ4v) is 4.60. The van der Waals surface area contributed by atoms with Gasteiger partial charge in [-0.05, 0) is 74.9 Å². The van der Waals surface area contributed by atoms with Crippen molar-refractivity contribution in [2.45, 2.75) is 33.1 Å². The molecule has 4 aromatic carbocycles. The lowest BCUT2D eigenvalue weighted by molar-refractivity contribution is 1.14. The Bertz CT molecular complexity index is 1160. The lowest BCUT2D eigenvalue weighted by Crippen LogP contribution is -1.92. The molecule has 29 heavy (non-hydrogen) atoms. The Morgan fingerprint density at radius 2 is 1.10 bits per heavy atom. The van der Waals surface area contributed by atoms with Crippen LogP contribution in [0.25, 0.3) is 33.4 Å². The molecule has 0 heteroatoms. The largest absolute Gasteiger partial charge is 0.0619 e. The molecule has 0 radical (unpaired) electrons. The van der Waals surface area contributed by atoms with Gasteiger partial charge in [0.1, 0.15) is 0 Å². The highest BCUT2D eigenvalue weighted by Gasteiger charge is 2.25.